The van der Waals surface area contributed by atoms with Gasteiger partial charge >= 0.3 is 0 Å². The van der Waals surface area contributed by atoms with E-state index in [9.17, 15) is 0 Å². The van der Waals surface area contributed by atoms with Gasteiger partial charge in [0.25, 0.3) is 0 Å². The van der Waals surface area contributed by atoms with Crippen LogP contribution in [0.25, 0.3) is 11.4 Å². The lowest BCUT2D eigenvalue weighted by molar-refractivity contribution is 0.208. The number of aromatic nitrogens is 3. The molecule has 1 saturated heterocycles. The van der Waals surface area contributed by atoms with Crippen molar-refractivity contribution in [3.05, 3.63) is 70.9 Å². The molecule has 1 aliphatic heterocycles. The Balaban J connectivity index is 1.73. The molecule has 1 aliphatic rings. The lowest BCUT2D eigenvalue weighted by atomic mass is 10.1. The van der Waals surface area contributed by atoms with E-state index in [1.807, 2.05) is 30.3 Å². The number of hydrogen-bond donors (Lipinski definition) is 0. The number of piperidine rings is 1. The van der Waals surface area contributed by atoms with Crippen LogP contribution in [0.4, 0.5) is 5.82 Å². The van der Waals surface area contributed by atoms with Crippen LogP contribution in [0, 0.1) is 0 Å². The second kappa shape index (κ2) is 9.33. The van der Waals surface area contributed by atoms with E-state index in [-0.39, 0.29) is 0 Å². The fraction of sp³-hybridized carbons (Fsp3) is 0.348. The van der Waals surface area contributed by atoms with Crippen molar-refractivity contribution in [3.8, 4) is 11.4 Å². The first-order valence-corrected chi connectivity index (χ1v) is 10.7. The van der Waals surface area contributed by atoms with Crippen molar-refractivity contribution in [1.82, 2.24) is 20.2 Å². The third-order valence-electron chi connectivity index (χ3n) is 5.27. The molecular formula is C23H26ClN5. The highest BCUT2D eigenvalue weighted by molar-refractivity contribution is 6.30. The normalized spacial score (nSPS) is 14.7. The topological polar surface area (TPSA) is 45.2 Å². The molecule has 1 aromatic heterocycles. The van der Waals surface area contributed by atoms with Gasteiger partial charge in [0.15, 0.2) is 11.6 Å². The maximum absolute atomic E-state index is 6.04. The average molecular weight is 408 g/mol. The largest absolute Gasteiger partial charge is 0.287 e. The first-order chi connectivity index (χ1) is 14.2. The molecule has 4 rings (SSSR count). The van der Waals surface area contributed by atoms with Gasteiger partial charge in [0.1, 0.15) is 0 Å². The van der Waals surface area contributed by atoms with Crippen molar-refractivity contribution in [2.24, 2.45) is 0 Å². The zero-order valence-electron chi connectivity index (χ0n) is 16.8. The highest BCUT2D eigenvalue weighted by Crippen LogP contribution is 2.25. The molecule has 0 amide bonds. The number of nitrogens with zero attached hydrogens (tertiary/aromatic N) is 5. The zero-order valence-corrected chi connectivity index (χ0v) is 17.5. The molecule has 150 valence electrons. The van der Waals surface area contributed by atoms with Crippen LogP contribution in [0.15, 0.2) is 54.6 Å². The van der Waals surface area contributed by atoms with E-state index in [0.717, 1.165) is 43.1 Å². The number of benzene rings is 2. The molecule has 0 saturated carbocycles. The third kappa shape index (κ3) is 4.74. The van der Waals surface area contributed by atoms with Crippen LogP contribution in [-0.4, -0.2) is 39.8 Å². The van der Waals surface area contributed by atoms with Crippen LogP contribution in [0.5, 0.6) is 0 Å². The highest BCUT2D eigenvalue weighted by atomic mass is 35.5. The van der Waals surface area contributed by atoms with E-state index >= 15 is 0 Å². The second-order valence-electron chi connectivity index (χ2n) is 7.31. The van der Waals surface area contributed by atoms with E-state index in [2.05, 4.69) is 51.4 Å². The number of rotatable bonds is 6. The van der Waals surface area contributed by atoms with Gasteiger partial charge in [-0.05, 0) is 49.6 Å². The van der Waals surface area contributed by atoms with Crippen LogP contribution in [0.1, 0.15) is 37.4 Å². The summed E-state index contributed by atoms with van der Waals surface area (Å²) in [5, 5.41) is 14.5. The van der Waals surface area contributed by atoms with Gasteiger partial charge in [-0.1, -0.05) is 48.4 Å². The van der Waals surface area contributed by atoms with Gasteiger partial charge in [0, 0.05) is 36.6 Å². The lowest BCUT2D eigenvalue weighted by Gasteiger charge is -2.37. The van der Waals surface area contributed by atoms with Crippen molar-refractivity contribution < 1.29 is 0 Å². The van der Waals surface area contributed by atoms with Gasteiger partial charge in [-0.25, -0.2) is 9.99 Å². The Labute approximate surface area is 177 Å². The fourth-order valence-corrected chi connectivity index (χ4v) is 3.91. The summed E-state index contributed by atoms with van der Waals surface area (Å²) in [6.07, 6.45) is 4.45. The Morgan fingerprint density at radius 2 is 1.66 bits per heavy atom. The molecule has 0 N–H and O–H groups in total. The minimum Gasteiger partial charge on any atom is -0.287 e. The number of hydrazine groups is 1. The van der Waals surface area contributed by atoms with E-state index in [0.29, 0.717) is 10.8 Å². The van der Waals surface area contributed by atoms with E-state index in [4.69, 9.17) is 16.6 Å². The quantitative estimate of drug-likeness (QED) is 0.574. The minimum absolute atomic E-state index is 0.631. The van der Waals surface area contributed by atoms with Crippen LogP contribution in [0.2, 0.25) is 5.02 Å². The van der Waals surface area contributed by atoms with Crippen LogP contribution < -0.4 is 5.01 Å². The molecule has 29 heavy (non-hydrogen) atoms. The summed E-state index contributed by atoms with van der Waals surface area (Å²) in [5.41, 5.74) is 3.08. The Kier molecular flexibility index (Phi) is 6.37. The van der Waals surface area contributed by atoms with Gasteiger partial charge in [-0.15, -0.1) is 10.2 Å². The third-order valence-corrected chi connectivity index (χ3v) is 5.53. The van der Waals surface area contributed by atoms with Crippen LogP contribution >= 0.6 is 11.6 Å². The van der Waals surface area contributed by atoms with Crippen molar-refractivity contribution in [2.75, 3.05) is 24.6 Å². The summed E-state index contributed by atoms with van der Waals surface area (Å²) < 4.78 is 0. The lowest BCUT2D eigenvalue weighted by Crippen LogP contribution is -2.46. The van der Waals surface area contributed by atoms with Gasteiger partial charge in [-0.3, -0.25) is 5.01 Å². The predicted octanol–water partition coefficient (Wildman–Crippen LogP) is 5.01. The molecule has 5 nitrogen and oxygen atoms in total. The first-order valence-electron chi connectivity index (χ1n) is 10.3. The average Bonchev–Trinajstić information content (AvgIpc) is 2.77. The Bertz CT molecular complexity index is 924. The molecule has 0 unspecified atom stereocenters. The molecule has 0 spiro atoms. The van der Waals surface area contributed by atoms with Crippen LogP contribution in [-0.2, 0) is 6.42 Å². The summed E-state index contributed by atoms with van der Waals surface area (Å²) in [7, 11) is 0. The molecule has 3 aromatic rings. The smallest absolute Gasteiger partial charge is 0.187 e. The minimum atomic E-state index is 0.631. The van der Waals surface area contributed by atoms with Gasteiger partial charge in [0.05, 0.1) is 5.69 Å². The molecule has 0 radical (unpaired) electrons. The molecule has 6 heteroatoms. The summed E-state index contributed by atoms with van der Waals surface area (Å²) >= 11 is 6.04. The van der Waals surface area contributed by atoms with Gasteiger partial charge < -0.3 is 0 Å². The SMILES string of the molecule is CCN(c1nnc(-c2ccc(Cl)cc2)nc1Cc1ccccc1)N1CCCCC1. The molecule has 0 atom stereocenters. The van der Waals surface area contributed by atoms with Crippen molar-refractivity contribution in [2.45, 2.75) is 32.6 Å². The second-order valence-corrected chi connectivity index (χ2v) is 7.74. The Hall–Kier alpha value is -2.50. The van der Waals surface area contributed by atoms with Crippen molar-refractivity contribution in [1.29, 1.82) is 0 Å². The summed E-state index contributed by atoms with van der Waals surface area (Å²) in [6.45, 7) is 5.12. The molecule has 2 heterocycles. The van der Waals surface area contributed by atoms with Crippen molar-refractivity contribution >= 4 is 17.4 Å². The van der Waals surface area contributed by atoms with E-state index < -0.39 is 0 Å². The predicted molar refractivity (Wildman–Crippen MR) is 118 cm³/mol. The molecule has 0 aliphatic carbocycles. The molecule has 2 aromatic carbocycles. The zero-order chi connectivity index (χ0) is 20.1. The summed E-state index contributed by atoms with van der Waals surface area (Å²) in [5.74, 6) is 1.49. The van der Waals surface area contributed by atoms with Crippen molar-refractivity contribution in [3.63, 3.8) is 0 Å². The number of halogens is 1. The Morgan fingerprint density at radius 3 is 2.34 bits per heavy atom. The van der Waals surface area contributed by atoms with Crippen LogP contribution in [0.3, 0.4) is 0 Å². The van der Waals surface area contributed by atoms with Gasteiger partial charge in [-0.2, -0.15) is 0 Å². The molecule has 0 bridgehead atoms. The van der Waals surface area contributed by atoms with Gasteiger partial charge in [0.2, 0.25) is 0 Å². The fourth-order valence-electron chi connectivity index (χ4n) is 3.78. The summed E-state index contributed by atoms with van der Waals surface area (Å²) in [4.78, 5) is 4.95. The molecular weight excluding hydrogens is 382 g/mol. The van der Waals surface area contributed by atoms with E-state index in [1.165, 1.54) is 24.8 Å². The summed E-state index contributed by atoms with van der Waals surface area (Å²) in [6, 6.07) is 18.0. The first kappa shape index (κ1) is 19.8. The maximum Gasteiger partial charge on any atom is 0.187 e. The molecule has 1 fully saturated rings. The number of anilines is 1. The highest BCUT2D eigenvalue weighted by Gasteiger charge is 2.23. The standard InChI is InChI=1S/C23H26ClN5/c1-2-29(28-15-7-4-8-16-28)23-21(17-18-9-5-3-6-10-18)25-22(26-27-23)19-11-13-20(24)14-12-19/h3,5-6,9-14H,2,4,7-8,15-17H2,1H3. The van der Waals surface area contributed by atoms with E-state index in [1.54, 1.807) is 0 Å². The Morgan fingerprint density at radius 1 is 0.931 bits per heavy atom. The number of hydrogen-bond acceptors (Lipinski definition) is 5. The maximum atomic E-state index is 6.04. The monoisotopic (exact) mass is 407 g/mol.